The lowest BCUT2D eigenvalue weighted by Crippen LogP contribution is -2.44. The number of nitrogens with zero attached hydrogens (tertiary/aromatic N) is 4. The largest absolute Gasteiger partial charge is 0.359 e. The normalized spacial score (nSPS) is 15.3. The summed E-state index contributed by atoms with van der Waals surface area (Å²) in [6, 6.07) is 8.43. The second-order valence-electron chi connectivity index (χ2n) is 6.35. The van der Waals surface area contributed by atoms with E-state index in [4.69, 9.17) is 12.2 Å². The second-order valence-corrected chi connectivity index (χ2v) is 7.53. The van der Waals surface area contributed by atoms with Crippen LogP contribution in [-0.2, 0) is 0 Å². The van der Waals surface area contributed by atoms with Gasteiger partial charge in [-0.3, -0.25) is 10.9 Å². The van der Waals surface area contributed by atoms with Crippen molar-refractivity contribution in [2.45, 2.75) is 43.3 Å². The summed E-state index contributed by atoms with van der Waals surface area (Å²) in [4.78, 5) is 9.06. The number of thioether (sulfide) groups is 1. The van der Waals surface area contributed by atoms with Gasteiger partial charge in [0.25, 0.3) is 5.78 Å². The van der Waals surface area contributed by atoms with Gasteiger partial charge >= 0.3 is 0 Å². The van der Waals surface area contributed by atoms with E-state index >= 15 is 0 Å². The molecule has 0 radical (unpaired) electrons. The van der Waals surface area contributed by atoms with Crippen molar-refractivity contribution in [1.29, 1.82) is 0 Å². The molecule has 9 heteroatoms. The first-order chi connectivity index (χ1) is 12.7. The maximum atomic E-state index is 5.43. The van der Waals surface area contributed by atoms with Gasteiger partial charge in [0.05, 0.1) is 5.52 Å². The van der Waals surface area contributed by atoms with Gasteiger partial charge in [-0.05, 0) is 43.4 Å². The van der Waals surface area contributed by atoms with Crippen molar-refractivity contribution in [1.82, 2.24) is 30.3 Å². The SMILES string of the molecule is CSc1nc2nc(NNC(=S)NC3CCCCC3)c3ccccc3n2n1. The molecule has 2 aromatic heterocycles. The number of nitrogens with one attached hydrogen (secondary N) is 3. The third-order valence-corrected chi connectivity index (χ3v) is 5.35. The summed E-state index contributed by atoms with van der Waals surface area (Å²) < 4.78 is 1.77. The van der Waals surface area contributed by atoms with Crippen LogP contribution in [-0.4, -0.2) is 37.0 Å². The second kappa shape index (κ2) is 7.63. The summed E-state index contributed by atoms with van der Waals surface area (Å²) in [6.07, 6.45) is 8.15. The van der Waals surface area contributed by atoms with Crippen LogP contribution in [0.3, 0.4) is 0 Å². The molecule has 4 rings (SSSR count). The van der Waals surface area contributed by atoms with Crippen molar-refractivity contribution in [2.75, 3.05) is 11.7 Å². The number of para-hydroxylation sites is 1. The maximum Gasteiger partial charge on any atom is 0.255 e. The predicted molar refractivity (Wildman–Crippen MR) is 109 cm³/mol. The molecule has 3 aromatic rings. The van der Waals surface area contributed by atoms with Crippen LogP contribution in [0.5, 0.6) is 0 Å². The molecule has 1 saturated carbocycles. The van der Waals surface area contributed by atoms with Gasteiger partial charge in [0.2, 0.25) is 5.16 Å². The van der Waals surface area contributed by atoms with Gasteiger partial charge in [0, 0.05) is 11.4 Å². The molecule has 0 atom stereocenters. The van der Waals surface area contributed by atoms with Crippen LogP contribution >= 0.6 is 24.0 Å². The minimum Gasteiger partial charge on any atom is -0.359 e. The highest BCUT2D eigenvalue weighted by molar-refractivity contribution is 7.98. The molecule has 1 aliphatic rings. The van der Waals surface area contributed by atoms with Crippen molar-refractivity contribution in [3.63, 3.8) is 0 Å². The van der Waals surface area contributed by atoms with E-state index in [2.05, 4.69) is 31.2 Å². The molecular formula is C17H21N7S2. The van der Waals surface area contributed by atoms with E-state index < -0.39 is 0 Å². The fourth-order valence-corrected chi connectivity index (χ4v) is 3.86. The van der Waals surface area contributed by atoms with Crippen molar-refractivity contribution < 1.29 is 0 Å². The molecule has 1 aromatic carbocycles. The molecule has 1 aliphatic carbocycles. The van der Waals surface area contributed by atoms with E-state index in [1.807, 2.05) is 30.5 Å². The van der Waals surface area contributed by atoms with Crippen molar-refractivity contribution in [2.24, 2.45) is 0 Å². The van der Waals surface area contributed by atoms with Gasteiger partial charge in [-0.1, -0.05) is 43.2 Å². The van der Waals surface area contributed by atoms with Gasteiger partial charge in [-0.2, -0.15) is 14.5 Å². The smallest absolute Gasteiger partial charge is 0.255 e. The van der Waals surface area contributed by atoms with E-state index in [1.54, 1.807) is 4.52 Å². The lowest BCUT2D eigenvalue weighted by molar-refractivity contribution is 0.412. The minimum atomic E-state index is 0.457. The standard InChI is InChI=1S/C17H21N7S2/c1-26-17-20-15-19-14(12-9-5-6-10-13(12)24(15)23-17)21-22-16(25)18-11-7-3-2-4-8-11/h5-6,9-11H,2-4,7-8H2,1H3,(H2,18,22,25)(H,19,20,21,23). The first kappa shape index (κ1) is 17.3. The van der Waals surface area contributed by atoms with Crippen molar-refractivity contribution in [3.8, 4) is 0 Å². The number of fused-ring (bicyclic) bond motifs is 3. The van der Waals surface area contributed by atoms with E-state index in [-0.39, 0.29) is 0 Å². The highest BCUT2D eigenvalue weighted by atomic mass is 32.2. The summed E-state index contributed by atoms with van der Waals surface area (Å²) >= 11 is 6.92. The topological polar surface area (TPSA) is 79.2 Å². The van der Waals surface area contributed by atoms with Crippen LogP contribution in [0.4, 0.5) is 5.82 Å². The summed E-state index contributed by atoms with van der Waals surface area (Å²) in [5.41, 5.74) is 7.16. The lowest BCUT2D eigenvalue weighted by Gasteiger charge is -2.24. The van der Waals surface area contributed by atoms with Crippen molar-refractivity contribution in [3.05, 3.63) is 24.3 Å². The zero-order valence-corrected chi connectivity index (χ0v) is 16.2. The molecule has 1 fully saturated rings. The quantitative estimate of drug-likeness (QED) is 0.358. The Morgan fingerprint density at radius 3 is 2.81 bits per heavy atom. The number of thiocarbonyl (C=S) groups is 1. The molecule has 7 nitrogen and oxygen atoms in total. The Kier molecular flexibility index (Phi) is 5.07. The zero-order valence-electron chi connectivity index (χ0n) is 14.5. The minimum absolute atomic E-state index is 0.457. The Labute approximate surface area is 161 Å². The van der Waals surface area contributed by atoms with Crippen LogP contribution < -0.4 is 16.2 Å². The lowest BCUT2D eigenvalue weighted by atomic mass is 9.96. The predicted octanol–water partition coefficient (Wildman–Crippen LogP) is 3.12. The molecule has 3 N–H and O–H groups in total. The van der Waals surface area contributed by atoms with Crippen LogP contribution in [0.1, 0.15) is 32.1 Å². The van der Waals surface area contributed by atoms with Gasteiger partial charge in [-0.15, -0.1) is 5.10 Å². The number of hydrazine groups is 1. The number of rotatable bonds is 4. The number of aromatic nitrogens is 4. The van der Waals surface area contributed by atoms with Crippen LogP contribution in [0.2, 0.25) is 0 Å². The van der Waals surface area contributed by atoms with Gasteiger partial charge in [0.1, 0.15) is 0 Å². The first-order valence-corrected chi connectivity index (χ1v) is 10.4. The third-order valence-electron chi connectivity index (χ3n) is 4.59. The van der Waals surface area contributed by atoms with Gasteiger partial charge in [-0.25, -0.2) is 0 Å². The van der Waals surface area contributed by atoms with Crippen LogP contribution in [0.15, 0.2) is 29.4 Å². The fraction of sp³-hybridized carbons (Fsp3) is 0.412. The average Bonchev–Trinajstić information content (AvgIpc) is 3.10. The Morgan fingerprint density at radius 1 is 1.19 bits per heavy atom. The highest BCUT2D eigenvalue weighted by Crippen LogP contribution is 2.23. The molecule has 0 bridgehead atoms. The van der Waals surface area contributed by atoms with Gasteiger partial charge < -0.3 is 5.32 Å². The summed E-state index contributed by atoms with van der Waals surface area (Å²) in [7, 11) is 0. The Balaban J connectivity index is 1.55. The molecular weight excluding hydrogens is 366 g/mol. The number of hydrogen-bond donors (Lipinski definition) is 3. The maximum absolute atomic E-state index is 5.43. The Bertz CT molecular complexity index is 933. The van der Waals surface area contributed by atoms with Crippen LogP contribution in [0, 0.1) is 0 Å². The van der Waals surface area contributed by atoms with E-state index in [1.165, 1.54) is 43.9 Å². The summed E-state index contributed by atoms with van der Waals surface area (Å²) in [6.45, 7) is 0. The number of hydrogen-bond acceptors (Lipinski definition) is 6. The summed E-state index contributed by atoms with van der Waals surface area (Å²) in [5, 5.41) is 10.1. The average molecular weight is 388 g/mol. The molecule has 0 aliphatic heterocycles. The van der Waals surface area contributed by atoms with Crippen LogP contribution in [0.25, 0.3) is 16.7 Å². The highest BCUT2D eigenvalue weighted by Gasteiger charge is 2.15. The Morgan fingerprint density at radius 2 is 2.00 bits per heavy atom. The van der Waals surface area contributed by atoms with Crippen molar-refractivity contribution >= 4 is 51.6 Å². The van der Waals surface area contributed by atoms with E-state index in [9.17, 15) is 0 Å². The molecule has 2 heterocycles. The third kappa shape index (κ3) is 3.54. The van der Waals surface area contributed by atoms with E-state index in [0.29, 0.717) is 27.9 Å². The summed E-state index contributed by atoms with van der Waals surface area (Å²) in [5.74, 6) is 1.24. The first-order valence-electron chi connectivity index (χ1n) is 8.76. The number of benzene rings is 1. The fourth-order valence-electron chi connectivity index (χ4n) is 3.30. The van der Waals surface area contributed by atoms with Gasteiger partial charge in [0.15, 0.2) is 10.9 Å². The van der Waals surface area contributed by atoms with E-state index in [0.717, 1.165) is 10.9 Å². The molecule has 0 spiro atoms. The molecule has 0 amide bonds. The Hall–Kier alpha value is -2.13. The monoisotopic (exact) mass is 387 g/mol. The molecule has 136 valence electrons. The molecule has 26 heavy (non-hydrogen) atoms. The zero-order chi connectivity index (χ0) is 17.9. The number of anilines is 1. The molecule has 0 unspecified atom stereocenters. The molecule has 0 saturated heterocycles.